The summed E-state index contributed by atoms with van der Waals surface area (Å²) in [5.74, 6) is 0.950. The van der Waals surface area contributed by atoms with Gasteiger partial charge < -0.3 is 4.74 Å². The molecule has 0 saturated heterocycles. The topological polar surface area (TPSA) is 9.23 Å². The Morgan fingerprint density at radius 3 is 2.47 bits per heavy atom. The van der Waals surface area contributed by atoms with Crippen molar-refractivity contribution in [2.45, 2.75) is 13.0 Å². The predicted molar refractivity (Wildman–Crippen MR) is 60.0 cm³/mol. The molecule has 2 aromatic rings. The van der Waals surface area contributed by atoms with Gasteiger partial charge in [0.15, 0.2) is 0 Å². The van der Waals surface area contributed by atoms with Gasteiger partial charge in [0.25, 0.3) is 0 Å². The summed E-state index contributed by atoms with van der Waals surface area (Å²) in [6, 6.07) is 16.9. The second-order valence-corrected chi connectivity index (χ2v) is 3.93. The Bertz CT molecular complexity index is 471. The highest BCUT2D eigenvalue weighted by atomic mass is 16.5. The molecule has 4 bridgehead atoms. The molecule has 2 heterocycles. The summed E-state index contributed by atoms with van der Waals surface area (Å²) in [7, 11) is 0. The number of benzene rings is 2. The van der Waals surface area contributed by atoms with E-state index >= 15 is 0 Å². The monoisotopic (exact) mass is 196 g/mol. The summed E-state index contributed by atoms with van der Waals surface area (Å²) in [6.07, 6.45) is 1.01. The maximum absolute atomic E-state index is 5.67. The summed E-state index contributed by atoms with van der Waals surface area (Å²) in [6.45, 7) is 0.660. The molecule has 0 saturated carbocycles. The molecule has 0 unspecified atom stereocenters. The van der Waals surface area contributed by atoms with Crippen LogP contribution in [0.2, 0.25) is 0 Å². The molecule has 0 fully saturated rings. The van der Waals surface area contributed by atoms with E-state index in [1.165, 1.54) is 16.7 Å². The Morgan fingerprint density at radius 1 is 0.800 bits per heavy atom. The number of hydrogen-bond donors (Lipinski definition) is 0. The van der Waals surface area contributed by atoms with E-state index in [0.717, 1.165) is 12.2 Å². The van der Waals surface area contributed by atoms with Gasteiger partial charge in [0, 0.05) is 0 Å². The lowest BCUT2D eigenvalue weighted by molar-refractivity contribution is 0.306. The van der Waals surface area contributed by atoms with E-state index in [4.69, 9.17) is 4.74 Å². The molecule has 15 heavy (non-hydrogen) atoms. The molecule has 0 N–H and O–H groups in total. The molecular weight excluding hydrogens is 184 g/mol. The van der Waals surface area contributed by atoms with Crippen molar-refractivity contribution in [1.29, 1.82) is 0 Å². The number of hydrogen-bond acceptors (Lipinski definition) is 1. The van der Waals surface area contributed by atoms with Crippen molar-refractivity contribution >= 4 is 0 Å². The highest BCUT2D eigenvalue weighted by molar-refractivity contribution is 5.34. The lowest BCUT2D eigenvalue weighted by atomic mass is 10.0. The molecule has 0 spiro atoms. The third kappa shape index (κ3) is 1.73. The second kappa shape index (κ2) is 3.43. The largest absolute Gasteiger partial charge is 0.489 e. The highest BCUT2D eigenvalue weighted by Gasteiger charge is 2.03. The van der Waals surface area contributed by atoms with Crippen LogP contribution in [0.4, 0.5) is 0 Å². The van der Waals surface area contributed by atoms with Crippen LogP contribution in [0.3, 0.4) is 0 Å². The van der Waals surface area contributed by atoms with Crippen LogP contribution >= 0.6 is 0 Å². The van der Waals surface area contributed by atoms with Crippen LogP contribution in [0.1, 0.15) is 16.7 Å². The lowest BCUT2D eigenvalue weighted by Crippen LogP contribution is -1.99. The van der Waals surface area contributed by atoms with Gasteiger partial charge in [0.1, 0.15) is 12.4 Å². The Morgan fingerprint density at radius 2 is 1.60 bits per heavy atom. The number of fused-ring (bicyclic) bond motifs is 3. The van der Waals surface area contributed by atoms with Crippen molar-refractivity contribution < 1.29 is 4.74 Å². The van der Waals surface area contributed by atoms with Gasteiger partial charge in [-0.2, -0.15) is 0 Å². The fourth-order valence-electron chi connectivity index (χ4n) is 1.94. The first-order chi connectivity index (χ1) is 7.40. The van der Waals surface area contributed by atoms with Crippen LogP contribution in [0.25, 0.3) is 0 Å². The van der Waals surface area contributed by atoms with Crippen LogP contribution in [0.15, 0.2) is 48.5 Å². The summed E-state index contributed by atoms with van der Waals surface area (Å²) in [5.41, 5.74) is 3.93. The van der Waals surface area contributed by atoms with Crippen molar-refractivity contribution in [3.63, 3.8) is 0 Å². The second-order valence-electron chi connectivity index (χ2n) is 3.93. The maximum Gasteiger partial charge on any atom is 0.119 e. The SMILES string of the molecule is c1cc2cc(c1)Cc1ccc(cc1)OC2. The first-order valence-corrected chi connectivity index (χ1v) is 5.20. The number of rotatable bonds is 0. The van der Waals surface area contributed by atoms with Crippen molar-refractivity contribution in [3.05, 3.63) is 65.2 Å². The molecule has 0 radical (unpaired) electrons. The molecule has 0 aromatic heterocycles. The van der Waals surface area contributed by atoms with Crippen LogP contribution in [-0.2, 0) is 13.0 Å². The normalized spacial score (nSPS) is 13.3. The molecule has 1 nitrogen and oxygen atoms in total. The summed E-state index contributed by atoms with van der Waals surface area (Å²) in [5, 5.41) is 0. The third-order valence-corrected chi connectivity index (χ3v) is 2.73. The molecule has 2 aliphatic rings. The fraction of sp³-hybridized carbons (Fsp3) is 0.143. The molecular formula is C14H12O. The molecule has 4 rings (SSSR count). The maximum atomic E-state index is 5.67. The minimum Gasteiger partial charge on any atom is -0.489 e. The van der Waals surface area contributed by atoms with Crippen molar-refractivity contribution in [1.82, 2.24) is 0 Å². The lowest BCUT2D eigenvalue weighted by Gasteiger charge is -2.11. The van der Waals surface area contributed by atoms with Crippen LogP contribution in [0, 0.1) is 0 Å². The Hall–Kier alpha value is -1.76. The zero-order chi connectivity index (χ0) is 10.1. The van der Waals surface area contributed by atoms with Gasteiger partial charge in [0.2, 0.25) is 0 Å². The summed E-state index contributed by atoms with van der Waals surface area (Å²) < 4.78 is 5.67. The van der Waals surface area contributed by atoms with E-state index in [1.54, 1.807) is 0 Å². The fourth-order valence-corrected chi connectivity index (χ4v) is 1.94. The molecule has 0 aliphatic carbocycles. The van der Waals surface area contributed by atoms with Gasteiger partial charge in [-0.25, -0.2) is 0 Å². The van der Waals surface area contributed by atoms with Gasteiger partial charge in [0.05, 0.1) is 0 Å². The standard InChI is InChI=1S/C14H12O/c1-2-12-8-11-4-6-14(7-5-11)15-10-13(3-1)9-12/h1-7,9H,8,10H2. The van der Waals surface area contributed by atoms with Gasteiger partial charge in [-0.3, -0.25) is 0 Å². The van der Waals surface area contributed by atoms with Crippen LogP contribution < -0.4 is 4.74 Å². The minimum atomic E-state index is 0.660. The predicted octanol–water partition coefficient (Wildman–Crippen LogP) is 3.17. The first-order valence-electron chi connectivity index (χ1n) is 5.20. The average molecular weight is 196 g/mol. The van der Waals surface area contributed by atoms with E-state index in [-0.39, 0.29) is 0 Å². The number of ether oxygens (including phenoxy) is 1. The smallest absolute Gasteiger partial charge is 0.119 e. The summed E-state index contributed by atoms with van der Waals surface area (Å²) in [4.78, 5) is 0. The van der Waals surface area contributed by atoms with E-state index in [2.05, 4.69) is 36.4 Å². The average Bonchev–Trinajstić information content (AvgIpc) is 2.29. The molecule has 0 amide bonds. The quantitative estimate of drug-likeness (QED) is 0.629. The van der Waals surface area contributed by atoms with Gasteiger partial charge >= 0.3 is 0 Å². The molecule has 0 atom stereocenters. The Kier molecular flexibility index (Phi) is 1.95. The van der Waals surface area contributed by atoms with Crippen molar-refractivity contribution in [3.8, 4) is 5.75 Å². The zero-order valence-electron chi connectivity index (χ0n) is 8.44. The van der Waals surface area contributed by atoms with E-state index in [0.29, 0.717) is 6.61 Å². The molecule has 2 aromatic carbocycles. The molecule has 1 heteroatoms. The Labute approximate surface area is 89.3 Å². The minimum absolute atomic E-state index is 0.660. The summed E-state index contributed by atoms with van der Waals surface area (Å²) >= 11 is 0. The van der Waals surface area contributed by atoms with Crippen LogP contribution in [-0.4, -0.2) is 0 Å². The van der Waals surface area contributed by atoms with Crippen molar-refractivity contribution in [2.75, 3.05) is 0 Å². The Balaban J connectivity index is 2.10. The third-order valence-electron chi connectivity index (χ3n) is 2.73. The van der Waals surface area contributed by atoms with Crippen LogP contribution in [0.5, 0.6) is 5.75 Å². The zero-order valence-corrected chi connectivity index (χ0v) is 8.44. The van der Waals surface area contributed by atoms with E-state index < -0.39 is 0 Å². The van der Waals surface area contributed by atoms with E-state index in [1.807, 2.05) is 12.1 Å². The van der Waals surface area contributed by atoms with Crippen molar-refractivity contribution in [2.24, 2.45) is 0 Å². The molecule has 2 aliphatic heterocycles. The van der Waals surface area contributed by atoms with E-state index in [9.17, 15) is 0 Å². The highest BCUT2D eigenvalue weighted by Crippen LogP contribution is 2.19. The van der Waals surface area contributed by atoms with Gasteiger partial charge in [-0.05, 0) is 35.2 Å². The van der Waals surface area contributed by atoms with Gasteiger partial charge in [-0.1, -0.05) is 36.4 Å². The van der Waals surface area contributed by atoms with Gasteiger partial charge in [-0.15, -0.1) is 0 Å². The molecule has 74 valence electrons. The first kappa shape index (κ1) is 8.54.